The van der Waals surface area contributed by atoms with Crippen molar-refractivity contribution in [2.24, 2.45) is 0 Å². The summed E-state index contributed by atoms with van der Waals surface area (Å²) in [6.07, 6.45) is 4.53. The second-order valence-electron chi connectivity index (χ2n) is 7.42. The first kappa shape index (κ1) is 19.2. The first-order valence-electron chi connectivity index (χ1n) is 9.86. The molecule has 1 saturated heterocycles. The van der Waals surface area contributed by atoms with E-state index in [1.54, 1.807) is 19.1 Å². The third-order valence-electron chi connectivity index (χ3n) is 5.47. The van der Waals surface area contributed by atoms with Crippen LogP contribution in [0.1, 0.15) is 37.9 Å². The van der Waals surface area contributed by atoms with Crippen LogP contribution in [0.5, 0.6) is 11.5 Å². The number of hydrogen-bond acceptors (Lipinski definition) is 6. The highest BCUT2D eigenvalue weighted by Crippen LogP contribution is 2.39. The molecule has 0 aliphatic carbocycles. The Bertz CT molecular complexity index is 908. The van der Waals surface area contributed by atoms with Crippen molar-refractivity contribution in [3.63, 3.8) is 0 Å². The Morgan fingerprint density at radius 1 is 1.18 bits per heavy atom. The van der Waals surface area contributed by atoms with Crippen LogP contribution in [-0.4, -0.2) is 49.8 Å². The van der Waals surface area contributed by atoms with Crippen molar-refractivity contribution in [2.75, 3.05) is 26.2 Å². The molecule has 7 heteroatoms. The van der Waals surface area contributed by atoms with Gasteiger partial charge in [-0.3, -0.25) is 0 Å². The summed E-state index contributed by atoms with van der Waals surface area (Å²) in [7, 11) is -3.53. The molecule has 1 aromatic heterocycles. The molecule has 1 fully saturated rings. The van der Waals surface area contributed by atoms with Crippen LogP contribution in [0.4, 0.5) is 0 Å². The Morgan fingerprint density at radius 2 is 1.93 bits per heavy atom. The minimum absolute atomic E-state index is 0.0247. The topological polar surface area (TPSA) is 68.7 Å². The molecule has 0 radical (unpaired) electrons. The van der Waals surface area contributed by atoms with Gasteiger partial charge in [0.05, 0.1) is 6.61 Å². The number of hydrogen-bond donors (Lipinski definition) is 0. The molecule has 0 N–H and O–H groups in total. The maximum Gasteiger partial charge on any atom is 0.205 e. The van der Waals surface area contributed by atoms with Crippen molar-refractivity contribution >= 4 is 9.84 Å². The number of benzene rings is 1. The Kier molecular flexibility index (Phi) is 5.55. The van der Waals surface area contributed by atoms with E-state index in [4.69, 9.17) is 9.47 Å². The lowest BCUT2D eigenvalue weighted by atomic mass is 10.1. The zero-order chi connectivity index (χ0) is 19.6. The molecule has 6 nitrogen and oxygen atoms in total. The second-order valence-corrected chi connectivity index (χ2v) is 9.64. The van der Waals surface area contributed by atoms with Gasteiger partial charge in [-0.05, 0) is 69.1 Å². The fourth-order valence-electron chi connectivity index (χ4n) is 3.83. The van der Waals surface area contributed by atoms with Gasteiger partial charge < -0.3 is 14.4 Å². The van der Waals surface area contributed by atoms with Crippen LogP contribution in [0.25, 0.3) is 0 Å². The lowest BCUT2D eigenvalue weighted by Crippen LogP contribution is -2.34. The predicted molar refractivity (Wildman–Crippen MR) is 106 cm³/mol. The van der Waals surface area contributed by atoms with Gasteiger partial charge in [0.15, 0.2) is 10.8 Å². The summed E-state index contributed by atoms with van der Waals surface area (Å²) in [5.41, 5.74) is 0.815. The van der Waals surface area contributed by atoms with E-state index < -0.39 is 21.2 Å². The molecule has 1 aromatic carbocycles. The van der Waals surface area contributed by atoms with E-state index in [9.17, 15) is 8.42 Å². The molecule has 0 unspecified atom stereocenters. The molecule has 2 aromatic rings. The Morgan fingerprint density at radius 3 is 2.68 bits per heavy atom. The summed E-state index contributed by atoms with van der Waals surface area (Å²) in [4.78, 5) is 6.47. The van der Waals surface area contributed by atoms with Crippen LogP contribution in [0, 0.1) is 0 Å². The minimum Gasteiger partial charge on any atom is -0.494 e. The summed E-state index contributed by atoms with van der Waals surface area (Å²) in [5, 5.41) is -0.682. The van der Waals surface area contributed by atoms with Gasteiger partial charge >= 0.3 is 0 Å². The van der Waals surface area contributed by atoms with E-state index in [0.29, 0.717) is 12.4 Å². The van der Waals surface area contributed by atoms with E-state index in [-0.39, 0.29) is 5.03 Å². The summed E-state index contributed by atoms with van der Waals surface area (Å²) in [6, 6.07) is 10.9. The SMILES string of the molecule is C[C@@H]1[C@@H](c2ccc(OCCCN3CCCC3)cc2)Oc2cccnc2S1(=O)=O. The third-order valence-corrected chi connectivity index (χ3v) is 7.54. The van der Waals surface area contributed by atoms with Gasteiger partial charge in [-0.1, -0.05) is 12.1 Å². The van der Waals surface area contributed by atoms with E-state index in [2.05, 4.69) is 9.88 Å². The molecule has 2 aliphatic rings. The zero-order valence-electron chi connectivity index (χ0n) is 16.1. The molecule has 150 valence electrons. The molecule has 0 bridgehead atoms. The van der Waals surface area contributed by atoms with E-state index >= 15 is 0 Å². The number of pyridine rings is 1. The molecule has 3 heterocycles. The van der Waals surface area contributed by atoms with E-state index in [1.807, 2.05) is 24.3 Å². The molecule has 4 rings (SSSR count). The Labute approximate surface area is 166 Å². The molecule has 0 amide bonds. The number of ether oxygens (including phenoxy) is 2. The second kappa shape index (κ2) is 8.09. The molecular formula is C21H26N2O4S. The normalized spacial score (nSPS) is 23.8. The first-order chi connectivity index (χ1) is 13.6. The zero-order valence-corrected chi connectivity index (χ0v) is 16.9. The smallest absolute Gasteiger partial charge is 0.205 e. The average Bonchev–Trinajstić information content (AvgIpc) is 3.22. The van der Waals surface area contributed by atoms with Gasteiger partial charge in [0.2, 0.25) is 9.84 Å². The van der Waals surface area contributed by atoms with Crippen LogP contribution >= 0.6 is 0 Å². The number of sulfone groups is 1. The quantitative estimate of drug-likeness (QED) is 0.691. The molecule has 2 aliphatic heterocycles. The minimum atomic E-state index is -3.53. The van der Waals surface area contributed by atoms with Gasteiger partial charge in [0.1, 0.15) is 17.1 Å². The lowest BCUT2D eigenvalue weighted by Gasteiger charge is -2.30. The number of aromatic nitrogens is 1. The van der Waals surface area contributed by atoms with Crippen LogP contribution in [0.2, 0.25) is 0 Å². The van der Waals surface area contributed by atoms with Crippen molar-refractivity contribution in [2.45, 2.75) is 42.6 Å². The molecular weight excluding hydrogens is 376 g/mol. The number of fused-ring (bicyclic) bond motifs is 1. The summed E-state index contributed by atoms with van der Waals surface area (Å²) in [5.74, 6) is 1.10. The van der Waals surface area contributed by atoms with Crippen molar-refractivity contribution in [1.29, 1.82) is 0 Å². The van der Waals surface area contributed by atoms with Gasteiger partial charge in [-0.2, -0.15) is 0 Å². The monoisotopic (exact) mass is 402 g/mol. The van der Waals surface area contributed by atoms with Crippen molar-refractivity contribution in [1.82, 2.24) is 9.88 Å². The van der Waals surface area contributed by atoms with Gasteiger partial charge in [0.25, 0.3) is 0 Å². The third kappa shape index (κ3) is 3.86. The van der Waals surface area contributed by atoms with Crippen molar-refractivity contribution in [3.8, 4) is 11.5 Å². The molecule has 2 atom stereocenters. The van der Waals surface area contributed by atoms with Gasteiger partial charge in [0, 0.05) is 12.7 Å². The summed E-state index contributed by atoms with van der Waals surface area (Å²) in [6.45, 7) is 5.84. The maximum absolute atomic E-state index is 12.8. The number of rotatable bonds is 6. The highest BCUT2D eigenvalue weighted by Gasteiger charge is 2.41. The fraction of sp³-hybridized carbons (Fsp3) is 0.476. The largest absolute Gasteiger partial charge is 0.494 e. The molecule has 0 saturated carbocycles. The lowest BCUT2D eigenvalue weighted by molar-refractivity contribution is 0.186. The highest BCUT2D eigenvalue weighted by atomic mass is 32.2. The summed E-state index contributed by atoms with van der Waals surface area (Å²) >= 11 is 0. The standard InChI is InChI=1S/C21H26N2O4S/c1-16-20(27-19-6-4-11-22-21(19)28(16,24)25)17-7-9-18(10-8-17)26-15-5-14-23-12-2-3-13-23/h4,6-11,16,20H,2-3,5,12-15H2,1H3/t16-,20+/m1/s1. The summed E-state index contributed by atoms with van der Waals surface area (Å²) < 4.78 is 37.3. The number of nitrogens with zero attached hydrogens (tertiary/aromatic N) is 2. The van der Waals surface area contributed by atoms with Gasteiger partial charge in [-0.25, -0.2) is 13.4 Å². The van der Waals surface area contributed by atoms with E-state index in [1.165, 1.54) is 32.1 Å². The fourth-order valence-corrected chi connectivity index (χ4v) is 5.32. The van der Waals surface area contributed by atoms with Crippen LogP contribution in [-0.2, 0) is 9.84 Å². The van der Waals surface area contributed by atoms with Crippen molar-refractivity contribution < 1.29 is 17.9 Å². The maximum atomic E-state index is 12.8. The van der Waals surface area contributed by atoms with Crippen LogP contribution < -0.4 is 9.47 Å². The molecule has 0 spiro atoms. The average molecular weight is 403 g/mol. The number of likely N-dealkylation sites (tertiary alicyclic amines) is 1. The van der Waals surface area contributed by atoms with Crippen LogP contribution in [0.3, 0.4) is 0 Å². The Balaban J connectivity index is 1.39. The van der Waals surface area contributed by atoms with Crippen molar-refractivity contribution in [3.05, 3.63) is 48.2 Å². The van der Waals surface area contributed by atoms with E-state index in [0.717, 1.165) is 24.3 Å². The predicted octanol–water partition coefficient (Wildman–Crippen LogP) is 3.24. The highest BCUT2D eigenvalue weighted by molar-refractivity contribution is 7.92. The van der Waals surface area contributed by atoms with Gasteiger partial charge in [-0.15, -0.1) is 0 Å². The first-order valence-corrected chi connectivity index (χ1v) is 11.4. The molecule has 28 heavy (non-hydrogen) atoms. The Hall–Kier alpha value is -2.12. The van der Waals surface area contributed by atoms with Crippen LogP contribution in [0.15, 0.2) is 47.6 Å².